The molecule has 1 fully saturated rings. The Morgan fingerprint density at radius 1 is 0.850 bits per heavy atom. The number of anilines is 2. The van der Waals surface area contributed by atoms with E-state index in [2.05, 4.69) is 113 Å². The molecule has 0 bridgehead atoms. The smallest absolute Gasteiger partial charge is 0.261 e. The minimum absolute atomic E-state index is 0.120. The number of nitrogens with zero attached hydrogens (tertiary/aromatic N) is 2. The van der Waals surface area contributed by atoms with Crippen molar-refractivity contribution in [2.24, 2.45) is 0 Å². The maximum atomic E-state index is 12.0. The summed E-state index contributed by atoms with van der Waals surface area (Å²) in [6.45, 7) is 0. The average Bonchev–Trinajstić information content (AvgIpc) is 3.61. The molecule has 0 spiro atoms. The van der Waals surface area contributed by atoms with Gasteiger partial charge < -0.3 is 10.2 Å². The van der Waals surface area contributed by atoms with Crippen LogP contribution in [0.25, 0.3) is 17.7 Å². The van der Waals surface area contributed by atoms with E-state index in [1.165, 1.54) is 40.1 Å². The van der Waals surface area contributed by atoms with Crippen molar-refractivity contribution >= 4 is 35.0 Å². The lowest BCUT2D eigenvalue weighted by Crippen LogP contribution is -2.26. The Morgan fingerprint density at radius 3 is 2.12 bits per heavy atom. The minimum Gasteiger partial charge on any atom is -0.354 e. The van der Waals surface area contributed by atoms with E-state index in [-0.39, 0.29) is 11.5 Å². The lowest BCUT2D eigenvalue weighted by molar-refractivity contribution is -0.116. The van der Waals surface area contributed by atoms with Gasteiger partial charge in [-0.1, -0.05) is 85.3 Å². The first kappa shape index (κ1) is 25.4. The summed E-state index contributed by atoms with van der Waals surface area (Å²) in [4.78, 5) is 14.5. The standard InChI is InChI=1S/C36H31N3O/c1-38-36(40)29(24-37)21-26-17-20-35-33(23-26)31-13-8-14-34(31)39(35)30-18-15-25(16-19-30)22-32(27-9-4-2-5-10-27)28-11-6-3-7-12-28/h2-7,9-12,15-23,31,34H,8,13-14H2,1H3,(H,38,40). The van der Waals surface area contributed by atoms with Gasteiger partial charge in [-0.05, 0) is 82.6 Å². The fraction of sp³-hybridized carbons (Fsp3) is 0.167. The number of likely N-dealkylation sites (N-methyl/N-ethyl adjacent to an activating group) is 1. The van der Waals surface area contributed by atoms with E-state index >= 15 is 0 Å². The molecular weight excluding hydrogens is 490 g/mol. The molecule has 40 heavy (non-hydrogen) atoms. The van der Waals surface area contributed by atoms with Crippen LogP contribution in [-0.4, -0.2) is 19.0 Å². The largest absolute Gasteiger partial charge is 0.354 e. The molecule has 0 radical (unpaired) electrons. The van der Waals surface area contributed by atoms with Crippen LogP contribution < -0.4 is 10.2 Å². The molecule has 4 aromatic rings. The van der Waals surface area contributed by atoms with Gasteiger partial charge in [-0.15, -0.1) is 0 Å². The number of rotatable bonds is 6. The molecule has 1 N–H and O–H groups in total. The van der Waals surface area contributed by atoms with Crippen LogP contribution in [0.1, 0.15) is 53.0 Å². The van der Waals surface area contributed by atoms with Crippen LogP contribution in [0.4, 0.5) is 11.4 Å². The predicted molar refractivity (Wildman–Crippen MR) is 163 cm³/mol. The van der Waals surface area contributed by atoms with E-state index in [4.69, 9.17) is 0 Å². The van der Waals surface area contributed by atoms with Gasteiger partial charge in [0.1, 0.15) is 11.6 Å². The zero-order valence-corrected chi connectivity index (χ0v) is 22.5. The number of hydrogen-bond donors (Lipinski definition) is 1. The first-order valence-electron chi connectivity index (χ1n) is 13.9. The van der Waals surface area contributed by atoms with Crippen LogP contribution in [-0.2, 0) is 4.79 Å². The molecule has 4 heteroatoms. The number of nitrogens with one attached hydrogen (secondary N) is 1. The lowest BCUT2D eigenvalue weighted by atomic mass is 9.95. The molecule has 1 aliphatic heterocycles. The average molecular weight is 522 g/mol. The second kappa shape index (κ2) is 11.1. The van der Waals surface area contributed by atoms with E-state index in [9.17, 15) is 10.1 Å². The Kier molecular flexibility index (Phi) is 7.04. The third kappa shape index (κ3) is 4.83. The molecule has 4 aromatic carbocycles. The van der Waals surface area contributed by atoms with Crippen molar-refractivity contribution in [3.63, 3.8) is 0 Å². The fourth-order valence-corrected chi connectivity index (χ4v) is 6.22. The topological polar surface area (TPSA) is 56.1 Å². The third-order valence-electron chi connectivity index (χ3n) is 8.08. The van der Waals surface area contributed by atoms with Crippen molar-refractivity contribution in [2.75, 3.05) is 11.9 Å². The van der Waals surface area contributed by atoms with Gasteiger partial charge in [0.2, 0.25) is 0 Å². The number of fused-ring (bicyclic) bond motifs is 3. The summed E-state index contributed by atoms with van der Waals surface area (Å²) in [6, 6.07) is 38.7. The number of carbonyl (C=O) groups is 1. The van der Waals surface area contributed by atoms with Crippen LogP contribution in [0.5, 0.6) is 0 Å². The van der Waals surface area contributed by atoms with Crippen LogP contribution in [0.15, 0.2) is 109 Å². The van der Waals surface area contributed by atoms with E-state index in [0.717, 1.165) is 24.0 Å². The minimum atomic E-state index is -0.361. The maximum Gasteiger partial charge on any atom is 0.261 e. The molecule has 1 saturated carbocycles. The summed E-state index contributed by atoms with van der Waals surface area (Å²) < 4.78 is 0. The van der Waals surface area contributed by atoms with Gasteiger partial charge in [-0.25, -0.2) is 0 Å². The summed E-state index contributed by atoms with van der Waals surface area (Å²) in [5.74, 6) is 0.0939. The van der Waals surface area contributed by atoms with E-state index in [0.29, 0.717) is 12.0 Å². The van der Waals surface area contributed by atoms with Crippen LogP contribution in [0.2, 0.25) is 0 Å². The summed E-state index contributed by atoms with van der Waals surface area (Å²) in [7, 11) is 1.54. The van der Waals surface area contributed by atoms with Gasteiger partial charge in [-0.3, -0.25) is 4.79 Å². The Labute approximate surface area is 235 Å². The monoisotopic (exact) mass is 521 g/mol. The van der Waals surface area contributed by atoms with Crippen molar-refractivity contribution < 1.29 is 4.79 Å². The van der Waals surface area contributed by atoms with Crippen molar-refractivity contribution in [3.05, 3.63) is 137 Å². The molecule has 1 aliphatic carbocycles. The van der Waals surface area contributed by atoms with Crippen LogP contribution >= 0.6 is 0 Å². The highest BCUT2D eigenvalue weighted by molar-refractivity contribution is 6.01. The molecule has 6 rings (SSSR count). The number of benzene rings is 4. The Bertz CT molecular complexity index is 1590. The number of amides is 1. The number of carbonyl (C=O) groups excluding carboxylic acids is 1. The van der Waals surface area contributed by atoms with Crippen molar-refractivity contribution in [3.8, 4) is 6.07 Å². The highest BCUT2D eigenvalue weighted by Gasteiger charge is 2.42. The number of nitriles is 1. The molecule has 1 heterocycles. The van der Waals surface area contributed by atoms with Crippen LogP contribution in [0.3, 0.4) is 0 Å². The van der Waals surface area contributed by atoms with E-state index < -0.39 is 0 Å². The molecule has 2 aliphatic rings. The zero-order valence-electron chi connectivity index (χ0n) is 22.5. The molecule has 2 atom stereocenters. The molecule has 196 valence electrons. The third-order valence-corrected chi connectivity index (χ3v) is 8.08. The quantitative estimate of drug-likeness (QED) is 0.161. The van der Waals surface area contributed by atoms with Crippen molar-refractivity contribution in [1.29, 1.82) is 5.26 Å². The maximum absolute atomic E-state index is 12.0. The SMILES string of the molecule is CNC(=O)C(C#N)=Cc1ccc2c(c1)C1CCCC1N2c1ccc(C=C(c2ccccc2)c2ccccc2)cc1. The molecule has 2 unspecified atom stereocenters. The second-order valence-electron chi connectivity index (χ2n) is 10.4. The van der Waals surface area contributed by atoms with Gasteiger partial charge in [0, 0.05) is 30.4 Å². The van der Waals surface area contributed by atoms with Gasteiger partial charge in [0.05, 0.1) is 0 Å². The first-order chi connectivity index (χ1) is 19.7. The Balaban J connectivity index is 1.34. The summed E-state index contributed by atoms with van der Waals surface area (Å²) in [6.07, 6.45) is 7.46. The Hall–Kier alpha value is -4.88. The highest BCUT2D eigenvalue weighted by Crippen LogP contribution is 2.52. The summed E-state index contributed by atoms with van der Waals surface area (Å²) in [5.41, 5.74) is 9.49. The van der Waals surface area contributed by atoms with E-state index in [1.807, 2.05) is 12.1 Å². The van der Waals surface area contributed by atoms with Crippen molar-refractivity contribution in [2.45, 2.75) is 31.2 Å². The Morgan fingerprint density at radius 2 is 1.50 bits per heavy atom. The fourth-order valence-electron chi connectivity index (χ4n) is 6.22. The predicted octanol–water partition coefficient (Wildman–Crippen LogP) is 7.72. The van der Waals surface area contributed by atoms with Gasteiger partial charge in [0.25, 0.3) is 5.91 Å². The molecule has 0 saturated heterocycles. The molecule has 4 nitrogen and oxygen atoms in total. The van der Waals surface area contributed by atoms with Gasteiger partial charge in [0.15, 0.2) is 0 Å². The lowest BCUT2D eigenvalue weighted by Gasteiger charge is -2.27. The van der Waals surface area contributed by atoms with Crippen molar-refractivity contribution in [1.82, 2.24) is 5.32 Å². The summed E-state index contributed by atoms with van der Waals surface area (Å²) in [5, 5.41) is 12.0. The first-order valence-corrected chi connectivity index (χ1v) is 13.9. The number of hydrogen-bond acceptors (Lipinski definition) is 3. The summed E-state index contributed by atoms with van der Waals surface area (Å²) >= 11 is 0. The van der Waals surface area contributed by atoms with Crippen LogP contribution in [0, 0.1) is 11.3 Å². The van der Waals surface area contributed by atoms with E-state index in [1.54, 1.807) is 13.1 Å². The normalized spacial score (nSPS) is 17.5. The second-order valence-corrected chi connectivity index (χ2v) is 10.4. The van der Waals surface area contributed by atoms with Gasteiger partial charge in [-0.2, -0.15) is 5.26 Å². The zero-order chi connectivity index (χ0) is 27.5. The van der Waals surface area contributed by atoms with Gasteiger partial charge >= 0.3 is 0 Å². The molecular formula is C36H31N3O. The molecule has 0 aromatic heterocycles. The molecule has 1 amide bonds. The highest BCUT2D eigenvalue weighted by atomic mass is 16.1.